The highest BCUT2D eigenvalue weighted by atomic mass is 16.5. The van der Waals surface area contributed by atoms with Crippen molar-refractivity contribution in [1.29, 1.82) is 0 Å². The summed E-state index contributed by atoms with van der Waals surface area (Å²) in [6, 6.07) is 7.60. The zero-order chi connectivity index (χ0) is 20.4. The Kier molecular flexibility index (Phi) is 5.43. The van der Waals surface area contributed by atoms with E-state index < -0.39 is 0 Å². The van der Waals surface area contributed by atoms with Crippen molar-refractivity contribution in [2.24, 2.45) is 5.41 Å². The Morgan fingerprint density at radius 2 is 2.10 bits per heavy atom. The van der Waals surface area contributed by atoms with Crippen LogP contribution in [0.15, 0.2) is 30.5 Å². The third-order valence-corrected chi connectivity index (χ3v) is 5.89. The first-order valence-corrected chi connectivity index (χ1v) is 10.5. The van der Waals surface area contributed by atoms with Crippen molar-refractivity contribution in [2.75, 3.05) is 25.1 Å². The Hall–Kier alpha value is -2.63. The van der Waals surface area contributed by atoms with Crippen LogP contribution < -0.4 is 15.0 Å². The number of nitrogens with zero attached hydrogens (tertiary/aromatic N) is 3. The third kappa shape index (κ3) is 4.52. The average molecular weight is 395 g/mol. The summed E-state index contributed by atoms with van der Waals surface area (Å²) in [4.78, 5) is 24.6. The summed E-state index contributed by atoms with van der Waals surface area (Å²) >= 11 is 0. The molecule has 0 radical (unpaired) electrons. The number of hydrogen-bond acceptors (Lipinski definition) is 5. The van der Waals surface area contributed by atoms with E-state index in [1.165, 1.54) is 12.8 Å². The van der Waals surface area contributed by atoms with Gasteiger partial charge in [0.15, 0.2) is 0 Å². The van der Waals surface area contributed by atoms with Crippen LogP contribution in [0.1, 0.15) is 56.0 Å². The van der Waals surface area contributed by atoms with Crippen molar-refractivity contribution in [3.63, 3.8) is 0 Å². The van der Waals surface area contributed by atoms with Crippen LogP contribution in [0, 0.1) is 5.41 Å². The molecule has 2 aliphatic rings. The first-order valence-electron chi connectivity index (χ1n) is 10.5. The van der Waals surface area contributed by atoms with Crippen molar-refractivity contribution in [3.8, 4) is 5.75 Å². The van der Waals surface area contributed by atoms with Crippen molar-refractivity contribution in [1.82, 2.24) is 15.3 Å². The van der Waals surface area contributed by atoms with Gasteiger partial charge in [0.2, 0.25) is 11.9 Å². The summed E-state index contributed by atoms with van der Waals surface area (Å²) in [5.41, 5.74) is 3.16. The number of hydrogen-bond donors (Lipinski definition) is 1. The fourth-order valence-corrected chi connectivity index (χ4v) is 4.45. The number of carbonyl (C=O) groups excluding carboxylic acids is 1. The summed E-state index contributed by atoms with van der Waals surface area (Å²) in [6.45, 7) is 6.55. The van der Waals surface area contributed by atoms with Crippen LogP contribution in [0.3, 0.4) is 0 Å². The van der Waals surface area contributed by atoms with Crippen molar-refractivity contribution < 1.29 is 9.53 Å². The average Bonchev–Trinajstić information content (AvgIpc) is 3.21. The van der Waals surface area contributed by atoms with E-state index in [9.17, 15) is 4.79 Å². The molecule has 1 fully saturated rings. The monoisotopic (exact) mass is 394 g/mol. The lowest BCUT2D eigenvalue weighted by molar-refractivity contribution is -0.121. The van der Waals surface area contributed by atoms with Gasteiger partial charge in [0.1, 0.15) is 5.75 Å². The number of carbonyl (C=O) groups is 1. The quantitative estimate of drug-likeness (QED) is 0.841. The molecule has 29 heavy (non-hydrogen) atoms. The number of anilines is 1. The van der Waals surface area contributed by atoms with Crippen LogP contribution in [-0.2, 0) is 17.6 Å². The molecule has 0 saturated carbocycles. The van der Waals surface area contributed by atoms with Gasteiger partial charge in [-0.15, -0.1) is 0 Å². The maximum atomic E-state index is 12.8. The minimum atomic E-state index is -0.0560. The van der Waals surface area contributed by atoms with Gasteiger partial charge in [-0.25, -0.2) is 9.97 Å². The number of benzene rings is 1. The zero-order valence-electron chi connectivity index (χ0n) is 17.6. The maximum absolute atomic E-state index is 12.8. The van der Waals surface area contributed by atoms with E-state index in [1.54, 1.807) is 7.11 Å². The van der Waals surface area contributed by atoms with E-state index in [-0.39, 0.29) is 17.4 Å². The molecule has 1 amide bonds. The van der Waals surface area contributed by atoms with Crippen LogP contribution in [0.4, 0.5) is 5.95 Å². The lowest BCUT2D eigenvalue weighted by Crippen LogP contribution is -2.38. The Labute approximate surface area is 172 Å². The molecular formula is C23H30N4O2. The van der Waals surface area contributed by atoms with Crippen LogP contribution in [-0.4, -0.2) is 36.1 Å². The number of aromatic nitrogens is 2. The fraction of sp³-hybridized carbons (Fsp3) is 0.522. The minimum Gasteiger partial charge on any atom is -0.497 e. The van der Waals surface area contributed by atoms with Gasteiger partial charge >= 0.3 is 0 Å². The molecule has 1 aliphatic heterocycles. The van der Waals surface area contributed by atoms with E-state index in [2.05, 4.69) is 29.0 Å². The second kappa shape index (κ2) is 8.01. The van der Waals surface area contributed by atoms with Gasteiger partial charge in [0.25, 0.3) is 0 Å². The Morgan fingerprint density at radius 3 is 2.86 bits per heavy atom. The summed E-state index contributed by atoms with van der Waals surface area (Å²) in [5, 5.41) is 3.23. The Balaban J connectivity index is 1.52. The lowest BCUT2D eigenvalue weighted by Gasteiger charge is -2.36. The van der Waals surface area contributed by atoms with Gasteiger partial charge < -0.3 is 15.0 Å². The molecule has 2 heterocycles. The predicted molar refractivity (Wildman–Crippen MR) is 113 cm³/mol. The highest BCUT2D eigenvalue weighted by molar-refractivity contribution is 5.79. The van der Waals surface area contributed by atoms with E-state index in [4.69, 9.17) is 9.72 Å². The van der Waals surface area contributed by atoms with Crippen molar-refractivity contribution in [3.05, 3.63) is 47.3 Å². The van der Waals surface area contributed by atoms with E-state index in [0.717, 1.165) is 54.4 Å². The molecular weight excluding hydrogens is 364 g/mol. The van der Waals surface area contributed by atoms with Gasteiger partial charge in [-0.05, 0) is 48.8 Å². The molecule has 2 aromatic rings. The SMILES string of the molecule is COc1cccc(CC(=O)N[C@@H]2CC(C)(C)Cc3nc(N4CCCC4)ncc32)c1. The molecule has 6 nitrogen and oxygen atoms in total. The molecule has 0 unspecified atom stereocenters. The number of ether oxygens (including phenoxy) is 1. The zero-order valence-corrected chi connectivity index (χ0v) is 17.6. The molecule has 1 aromatic heterocycles. The maximum Gasteiger partial charge on any atom is 0.225 e. The largest absolute Gasteiger partial charge is 0.497 e. The molecule has 0 spiro atoms. The smallest absolute Gasteiger partial charge is 0.225 e. The highest BCUT2D eigenvalue weighted by Gasteiger charge is 2.35. The molecule has 1 aliphatic carbocycles. The minimum absolute atomic E-state index is 0.00974. The molecule has 1 saturated heterocycles. The number of fused-ring (bicyclic) bond motifs is 1. The number of rotatable bonds is 5. The van der Waals surface area contributed by atoms with Gasteiger partial charge in [0.05, 0.1) is 25.3 Å². The number of nitrogens with one attached hydrogen (secondary N) is 1. The summed E-state index contributed by atoms with van der Waals surface area (Å²) < 4.78 is 5.26. The van der Waals surface area contributed by atoms with Gasteiger partial charge in [0, 0.05) is 24.8 Å². The molecule has 6 heteroatoms. The predicted octanol–water partition coefficient (Wildman–Crippen LogP) is 3.46. The summed E-state index contributed by atoms with van der Waals surface area (Å²) in [6.07, 6.45) is 6.46. The Bertz CT molecular complexity index is 890. The van der Waals surface area contributed by atoms with Crippen LogP contribution >= 0.6 is 0 Å². The topological polar surface area (TPSA) is 67.3 Å². The first-order chi connectivity index (χ1) is 13.9. The molecule has 1 N–H and O–H groups in total. The first kappa shape index (κ1) is 19.7. The molecule has 0 bridgehead atoms. The van der Waals surface area contributed by atoms with Gasteiger partial charge in [-0.2, -0.15) is 0 Å². The second-order valence-corrected chi connectivity index (χ2v) is 8.96. The van der Waals surface area contributed by atoms with E-state index in [0.29, 0.717) is 6.42 Å². The molecule has 154 valence electrons. The number of amides is 1. The third-order valence-electron chi connectivity index (χ3n) is 5.89. The molecule has 1 aromatic carbocycles. The second-order valence-electron chi connectivity index (χ2n) is 8.96. The highest BCUT2D eigenvalue weighted by Crippen LogP contribution is 2.40. The fourth-order valence-electron chi connectivity index (χ4n) is 4.45. The van der Waals surface area contributed by atoms with Gasteiger partial charge in [-0.3, -0.25) is 4.79 Å². The number of methoxy groups -OCH3 is 1. The normalized spacial score (nSPS) is 20.2. The summed E-state index contributed by atoms with van der Waals surface area (Å²) in [5.74, 6) is 1.61. The molecule has 4 rings (SSSR count). The van der Waals surface area contributed by atoms with Crippen LogP contribution in [0.2, 0.25) is 0 Å². The van der Waals surface area contributed by atoms with Gasteiger partial charge in [-0.1, -0.05) is 26.0 Å². The van der Waals surface area contributed by atoms with E-state index >= 15 is 0 Å². The Morgan fingerprint density at radius 1 is 1.31 bits per heavy atom. The lowest BCUT2D eigenvalue weighted by atomic mass is 9.74. The van der Waals surface area contributed by atoms with Crippen LogP contribution in [0.5, 0.6) is 5.75 Å². The van der Waals surface area contributed by atoms with Crippen molar-refractivity contribution in [2.45, 2.75) is 52.0 Å². The summed E-state index contributed by atoms with van der Waals surface area (Å²) in [7, 11) is 1.64. The van der Waals surface area contributed by atoms with E-state index in [1.807, 2.05) is 30.5 Å². The van der Waals surface area contributed by atoms with Crippen molar-refractivity contribution >= 4 is 11.9 Å². The van der Waals surface area contributed by atoms with Crippen LogP contribution in [0.25, 0.3) is 0 Å². The standard InChI is InChI=1S/C23H30N4O2/c1-23(2)13-19(25-21(28)12-16-7-6-8-17(11-16)29-3)18-15-24-22(26-20(18)14-23)27-9-4-5-10-27/h6-8,11,15,19H,4-5,9-10,12-14H2,1-3H3,(H,25,28)/t19-/m1/s1. The molecule has 1 atom stereocenters.